The van der Waals surface area contributed by atoms with Crippen LogP contribution in [0.1, 0.15) is 17.5 Å². The second-order valence-corrected chi connectivity index (χ2v) is 21.9. The van der Waals surface area contributed by atoms with Gasteiger partial charge in [0.1, 0.15) is 17.5 Å². The third kappa shape index (κ3) is 10.6. The van der Waals surface area contributed by atoms with Crippen LogP contribution in [0.4, 0.5) is 0 Å². The lowest BCUT2D eigenvalue weighted by atomic mass is 9.95. The molecular weight excluding hydrogens is 1080 g/mol. The maximum absolute atomic E-state index is 5.25. The van der Waals surface area contributed by atoms with Crippen molar-refractivity contribution in [3.63, 3.8) is 0 Å². The number of fused-ring (bicyclic) bond motifs is 3. The highest BCUT2D eigenvalue weighted by molar-refractivity contribution is 6.10. The van der Waals surface area contributed by atoms with E-state index in [0.29, 0.717) is 52.5 Å². The predicted octanol–water partition coefficient (Wildman–Crippen LogP) is 18.6. The zero-order chi connectivity index (χ0) is 59.1. The molecule has 11 aromatic carbocycles. The van der Waals surface area contributed by atoms with Crippen molar-refractivity contribution in [2.75, 3.05) is 0 Å². The predicted molar refractivity (Wildman–Crippen MR) is 355 cm³/mol. The molecule has 0 fully saturated rings. The summed E-state index contributed by atoms with van der Waals surface area (Å²) >= 11 is 0. The molecule has 4 heterocycles. The van der Waals surface area contributed by atoms with Crippen LogP contribution in [0.15, 0.2) is 273 Å². The molecule has 0 radical (unpaired) electrons. The minimum atomic E-state index is 0.574. The topological polar surface area (TPSA) is 121 Å². The van der Waals surface area contributed by atoms with Crippen LogP contribution in [0, 0.1) is 20.8 Å². The highest BCUT2D eigenvalue weighted by Gasteiger charge is 2.20. The number of aromatic nitrogens is 10. The lowest BCUT2D eigenvalue weighted by Gasteiger charge is -2.13. The summed E-state index contributed by atoms with van der Waals surface area (Å²) in [5.41, 5.74) is 19.7. The molecule has 10 heteroatoms. The first kappa shape index (κ1) is 53.0. The molecule has 4 aromatic heterocycles. The molecule has 0 saturated carbocycles. The van der Waals surface area contributed by atoms with Gasteiger partial charge >= 0.3 is 0 Å². The maximum atomic E-state index is 5.25. The molecule has 0 spiro atoms. The Hall–Kier alpha value is -11.8. The minimum Gasteiger partial charge on any atom is -0.278 e. The summed E-state index contributed by atoms with van der Waals surface area (Å²) in [6, 6.07) is 95.3. The third-order valence-corrected chi connectivity index (χ3v) is 16.0. The van der Waals surface area contributed by atoms with Gasteiger partial charge in [-0.05, 0) is 142 Å². The van der Waals surface area contributed by atoms with E-state index in [1.807, 2.05) is 63.2 Å². The Morgan fingerprint density at radius 1 is 0.193 bits per heavy atom. The normalized spacial score (nSPS) is 11.4. The molecule has 0 aliphatic rings. The van der Waals surface area contributed by atoms with Gasteiger partial charge < -0.3 is 0 Å². The van der Waals surface area contributed by atoms with Gasteiger partial charge in [-0.1, -0.05) is 218 Å². The highest BCUT2D eigenvalue weighted by atomic mass is 15.2. The summed E-state index contributed by atoms with van der Waals surface area (Å²) in [5, 5.41) is 2.19. The molecule has 0 amide bonds. The van der Waals surface area contributed by atoms with Gasteiger partial charge in [0.2, 0.25) is 5.95 Å². The first-order valence-corrected chi connectivity index (χ1v) is 29.3. The first-order valence-electron chi connectivity index (χ1n) is 29.3. The van der Waals surface area contributed by atoms with Gasteiger partial charge in [-0.15, -0.1) is 0 Å². The Kier molecular flexibility index (Phi) is 13.7. The fourth-order valence-corrected chi connectivity index (χ4v) is 11.7. The summed E-state index contributed by atoms with van der Waals surface area (Å²) in [5.74, 6) is 5.64. The zero-order valence-corrected chi connectivity index (χ0v) is 48.5. The Bertz CT molecular complexity index is 5100. The van der Waals surface area contributed by atoms with Gasteiger partial charge in [0.25, 0.3) is 0 Å². The SMILES string of the molecule is Cc1nc(-c2ccc(-c3ccccc3)cc2)nc(-c2ccc(-c3cccc(-c4cccc(-c5cccc(-c6nc(C)nc(-c7cc(-c8ccccc8)cc(-c8ccc9c(c8)c8ccccc8n9-c8nc(C)nc(-c9ccccc9)n8)c7)n6)c5)c4)c3)cc2)n1. The lowest BCUT2D eigenvalue weighted by molar-refractivity contribution is 0.907. The number of rotatable bonds is 12. The van der Waals surface area contributed by atoms with E-state index in [1.165, 1.54) is 5.56 Å². The van der Waals surface area contributed by atoms with Crippen LogP contribution in [-0.2, 0) is 0 Å². The van der Waals surface area contributed by atoms with Crippen molar-refractivity contribution < 1.29 is 0 Å². The third-order valence-electron chi connectivity index (χ3n) is 16.0. The molecule has 0 atom stereocenters. The molecule has 0 N–H and O–H groups in total. The van der Waals surface area contributed by atoms with E-state index in [1.54, 1.807) is 0 Å². The van der Waals surface area contributed by atoms with E-state index in [4.69, 9.17) is 44.9 Å². The first-order chi connectivity index (χ1) is 43.3. The fraction of sp³-hybridized carbons (Fsp3) is 0.0385. The van der Waals surface area contributed by atoms with E-state index in [-0.39, 0.29) is 0 Å². The van der Waals surface area contributed by atoms with Crippen LogP contribution in [0.25, 0.3) is 151 Å². The largest absolute Gasteiger partial charge is 0.278 e. The van der Waals surface area contributed by atoms with Gasteiger partial charge in [-0.3, -0.25) is 4.57 Å². The van der Waals surface area contributed by atoms with Crippen LogP contribution in [-0.4, -0.2) is 49.4 Å². The lowest BCUT2D eigenvalue weighted by Crippen LogP contribution is -2.06. The second kappa shape index (κ2) is 22.7. The Morgan fingerprint density at radius 3 is 1.06 bits per heavy atom. The van der Waals surface area contributed by atoms with Crippen molar-refractivity contribution in [2.24, 2.45) is 0 Å². The standard InChI is InChI=1S/C78H54N10/c1-49-79-73(57-36-32-54(33-37-57)52-18-7-4-8-19-52)85-74(80-49)58-38-34-55(35-39-58)59-24-15-25-60(42-59)61-26-16-27-62(43-61)63-28-17-29-65(44-63)76-81-50(2)82-77(86-76)68-46-66(53-20-9-5-10-21-53)45-67(47-68)64-40-41-72-70(48-64)69-30-13-14-31-71(69)88(72)78-84-51(3)83-75(87-78)56-22-11-6-12-23-56/h4-48H,1-3H3. The molecule has 0 aliphatic heterocycles. The van der Waals surface area contributed by atoms with Crippen LogP contribution in [0.2, 0.25) is 0 Å². The van der Waals surface area contributed by atoms with Crippen LogP contribution < -0.4 is 0 Å². The Labute approximate surface area is 509 Å². The second-order valence-electron chi connectivity index (χ2n) is 21.9. The Morgan fingerprint density at radius 2 is 0.500 bits per heavy atom. The average molecular weight is 1130 g/mol. The zero-order valence-electron chi connectivity index (χ0n) is 48.5. The van der Waals surface area contributed by atoms with E-state index < -0.39 is 0 Å². The van der Waals surface area contributed by atoms with Crippen molar-refractivity contribution in [3.8, 4) is 130 Å². The number of aryl methyl sites for hydroxylation is 3. The van der Waals surface area contributed by atoms with E-state index >= 15 is 0 Å². The van der Waals surface area contributed by atoms with Crippen molar-refractivity contribution in [1.29, 1.82) is 0 Å². The summed E-state index contributed by atoms with van der Waals surface area (Å²) in [4.78, 5) is 44.2. The number of nitrogens with zero attached hydrogens (tertiary/aromatic N) is 10. The van der Waals surface area contributed by atoms with Gasteiger partial charge in [0, 0.05) is 38.6 Å². The number of hydrogen-bond acceptors (Lipinski definition) is 9. The fourth-order valence-electron chi connectivity index (χ4n) is 11.7. The smallest absolute Gasteiger partial charge is 0.238 e. The molecule has 88 heavy (non-hydrogen) atoms. The van der Waals surface area contributed by atoms with E-state index in [2.05, 4.69) is 235 Å². The number of benzene rings is 11. The van der Waals surface area contributed by atoms with Crippen molar-refractivity contribution in [3.05, 3.63) is 290 Å². The summed E-state index contributed by atoms with van der Waals surface area (Å²) in [7, 11) is 0. The molecule has 0 aliphatic carbocycles. The highest BCUT2D eigenvalue weighted by Crippen LogP contribution is 2.39. The molecule has 416 valence electrons. The number of para-hydroxylation sites is 1. The molecular formula is C78H54N10. The summed E-state index contributed by atoms with van der Waals surface area (Å²) in [6.45, 7) is 5.77. The van der Waals surface area contributed by atoms with E-state index in [0.717, 1.165) is 111 Å². The maximum Gasteiger partial charge on any atom is 0.238 e. The molecule has 0 bridgehead atoms. The average Bonchev–Trinajstić information content (AvgIpc) is 1.66. The minimum absolute atomic E-state index is 0.574. The molecule has 15 rings (SSSR count). The van der Waals surface area contributed by atoms with Crippen molar-refractivity contribution in [2.45, 2.75) is 20.8 Å². The summed E-state index contributed by atoms with van der Waals surface area (Å²) < 4.78 is 2.14. The molecule has 10 nitrogen and oxygen atoms in total. The summed E-state index contributed by atoms with van der Waals surface area (Å²) in [6.07, 6.45) is 0. The van der Waals surface area contributed by atoms with E-state index in [9.17, 15) is 0 Å². The van der Waals surface area contributed by atoms with Crippen LogP contribution in [0.5, 0.6) is 0 Å². The number of hydrogen-bond donors (Lipinski definition) is 0. The monoisotopic (exact) mass is 1130 g/mol. The quantitative estimate of drug-likeness (QED) is 0.118. The Balaban J connectivity index is 0.718. The van der Waals surface area contributed by atoms with Gasteiger partial charge in [-0.25, -0.2) is 34.9 Å². The molecule has 15 aromatic rings. The van der Waals surface area contributed by atoms with Crippen LogP contribution >= 0.6 is 0 Å². The molecule has 0 saturated heterocycles. The van der Waals surface area contributed by atoms with Crippen LogP contribution in [0.3, 0.4) is 0 Å². The van der Waals surface area contributed by atoms with Crippen molar-refractivity contribution >= 4 is 21.8 Å². The molecule has 0 unspecified atom stereocenters. The van der Waals surface area contributed by atoms with Crippen molar-refractivity contribution in [1.82, 2.24) is 49.4 Å². The van der Waals surface area contributed by atoms with Gasteiger partial charge in [0.05, 0.1) is 11.0 Å². The van der Waals surface area contributed by atoms with Gasteiger partial charge in [-0.2, -0.15) is 9.97 Å². The van der Waals surface area contributed by atoms with Gasteiger partial charge in [0.15, 0.2) is 29.1 Å².